The molecule has 2 aliphatic rings. The lowest BCUT2D eigenvalue weighted by atomic mass is 9.62. The summed E-state index contributed by atoms with van der Waals surface area (Å²) in [7, 11) is 0. The molecule has 1 saturated heterocycles. The van der Waals surface area contributed by atoms with Crippen molar-refractivity contribution in [1.82, 2.24) is 4.90 Å². The maximum absolute atomic E-state index is 14.0. The number of carboxylic acid groups (broad SMARTS) is 1. The maximum Gasteiger partial charge on any atom is 0.416 e. The molecule has 1 aliphatic carbocycles. The van der Waals surface area contributed by atoms with Crippen molar-refractivity contribution in [2.24, 2.45) is 5.41 Å². The molecule has 2 fully saturated rings. The Morgan fingerprint density at radius 1 is 0.923 bits per heavy atom. The van der Waals surface area contributed by atoms with E-state index in [1.165, 1.54) is 24.3 Å². The molecule has 7 heteroatoms. The summed E-state index contributed by atoms with van der Waals surface area (Å²) in [5.74, 6) is -1.27. The Morgan fingerprint density at radius 3 is 2.13 bits per heavy atom. The molecule has 5 rings (SSSR count). The number of halogens is 4. The van der Waals surface area contributed by atoms with Crippen LogP contribution >= 0.6 is 0 Å². The van der Waals surface area contributed by atoms with E-state index in [1.807, 2.05) is 18.2 Å². The van der Waals surface area contributed by atoms with E-state index in [-0.39, 0.29) is 17.3 Å². The van der Waals surface area contributed by atoms with E-state index in [1.54, 1.807) is 12.1 Å². The van der Waals surface area contributed by atoms with E-state index < -0.39 is 23.1 Å². The summed E-state index contributed by atoms with van der Waals surface area (Å²) in [5, 5.41) is 10.4. The molecule has 206 valence electrons. The van der Waals surface area contributed by atoms with Gasteiger partial charge in [0.2, 0.25) is 0 Å². The molecule has 0 amide bonds. The van der Waals surface area contributed by atoms with E-state index in [0.717, 1.165) is 55.6 Å². The first-order valence-corrected chi connectivity index (χ1v) is 13.5. The van der Waals surface area contributed by atoms with Crippen LogP contribution in [0, 0.1) is 11.2 Å². The second kappa shape index (κ2) is 10.1. The van der Waals surface area contributed by atoms with Gasteiger partial charge in [-0.2, -0.15) is 13.2 Å². The van der Waals surface area contributed by atoms with E-state index in [0.29, 0.717) is 29.5 Å². The van der Waals surface area contributed by atoms with Gasteiger partial charge in [-0.05, 0) is 89.7 Å². The summed E-state index contributed by atoms with van der Waals surface area (Å²) in [6.45, 7) is 5.99. The lowest BCUT2D eigenvalue weighted by Gasteiger charge is -2.44. The quantitative estimate of drug-likeness (QED) is 0.321. The molecule has 3 nitrogen and oxygen atoms in total. The lowest BCUT2D eigenvalue weighted by molar-refractivity contribution is -0.147. The molecule has 1 aliphatic heterocycles. The Morgan fingerprint density at radius 2 is 1.59 bits per heavy atom. The number of alkyl halides is 3. The zero-order valence-electron chi connectivity index (χ0n) is 22.2. The molecular weight excluding hydrogens is 506 g/mol. The monoisotopic (exact) mass is 539 g/mol. The molecule has 0 radical (unpaired) electrons. The molecular formula is C32H33F4NO2. The molecule has 0 aromatic heterocycles. The Bertz CT molecular complexity index is 1340. The van der Waals surface area contributed by atoms with Crippen molar-refractivity contribution in [3.63, 3.8) is 0 Å². The molecule has 1 saturated carbocycles. The van der Waals surface area contributed by atoms with Crippen molar-refractivity contribution in [3.8, 4) is 11.1 Å². The van der Waals surface area contributed by atoms with Gasteiger partial charge in [-0.25, -0.2) is 4.39 Å². The minimum atomic E-state index is -4.48. The van der Waals surface area contributed by atoms with Crippen molar-refractivity contribution >= 4 is 5.97 Å². The number of hydrogen-bond donors (Lipinski definition) is 1. The van der Waals surface area contributed by atoms with Crippen molar-refractivity contribution < 1.29 is 27.5 Å². The number of piperidine rings is 1. The Hall–Kier alpha value is -3.19. The Balaban J connectivity index is 1.76. The Labute approximate surface area is 226 Å². The molecule has 3 aromatic rings. The Kier molecular flexibility index (Phi) is 7.08. The number of hydrogen-bond acceptors (Lipinski definition) is 2. The molecule has 0 bridgehead atoms. The summed E-state index contributed by atoms with van der Waals surface area (Å²) < 4.78 is 54.3. The number of rotatable bonds is 6. The van der Waals surface area contributed by atoms with Crippen LogP contribution in [0.4, 0.5) is 17.6 Å². The molecule has 1 unspecified atom stereocenters. The summed E-state index contributed by atoms with van der Waals surface area (Å²) >= 11 is 0. The zero-order valence-corrected chi connectivity index (χ0v) is 22.2. The number of likely N-dealkylation sites (tertiary alicyclic amines) is 1. The van der Waals surface area contributed by atoms with Crippen molar-refractivity contribution in [2.45, 2.75) is 63.6 Å². The molecule has 1 N–H and O–H groups in total. The highest BCUT2D eigenvalue weighted by atomic mass is 19.4. The molecule has 1 atom stereocenters. The van der Waals surface area contributed by atoms with Crippen molar-refractivity contribution in [1.29, 1.82) is 0 Å². The van der Waals surface area contributed by atoms with Gasteiger partial charge in [0.05, 0.1) is 17.0 Å². The highest BCUT2D eigenvalue weighted by Gasteiger charge is 2.48. The topological polar surface area (TPSA) is 40.5 Å². The lowest BCUT2D eigenvalue weighted by Crippen LogP contribution is -2.44. The standard InChI is InChI=1S/C32H33F4NO2/c1-30(2)16-5-19-37(20-30)28(22-10-14-24(33)15-11-22)25-6-3-7-26(31(29(38)39)17-4-18-31)27(25)21-8-12-23(13-9-21)32(34,35)36/h3,6-15,28H,4-5,16-20H2,1-2H3,(H,38,39). The predicted molar refractivity (Wildman–Crippen MR) is 143 cm³/mol. The fourth-order valence-corrected chi connectivity index (χ4v) is 6.39. The largest absolute Gasteiger partial charge is 0.481 e. The van der Waals surface area contributed by atoms with Crippen LogP contribution in [0.25, 0.3) is 11.1 Å². The van der Waals surface area contributed by atoms with Crippen molar-refractivity contribution in [2.75, 3.05) is 13.1 Å². The average Bonchev–Trinajstić information content (AvgIpc) is 2.84. The van der Waals surface area contributed by atoms with Crippen LogP contribution in [0.3, 0.4) is 0 Å². The van der Waals surface area contributed by atoms with Gasteiger partial charge >= 0.3 is 12.1 Å². The fraction of sp³-hybridized carbons (Fsp3) is 0.406. The smallest absolute Gasteiger partial charge is 0.416 e. The maximum atomic E-state index is 14.0. The van der Waals surface area contributed by atoms with Gasteiger partial charge in [-0.3, -0.25) is 9.69 Å². The van der Waals surface area contributed by atoms with Gasteiger partial charge in [0, 0.05) is 6.54 Å². The second-order valence-electron chi connectivity index (χ2n) is 11.8. The summed E-state index contributed by atoms with van der Waals surface area (Å²) in [5.41, 5.74) is 1.70. The average molecular weight is 540 g/mol. The van der Waals surface area contributed by atoms with E-state index in [4.69, 9.17) is 0 Å². The highest BCUT2D eigenvalue weighted by Crippen LogP contribution is 2.51. The van der Waals surface area contributed by atoms with Crippen LogP contribution in [-0.4, -0.2) is 29.1 Å². The van der Waals surface area contributed by atoms with E-state index in [9.17, 15) is 27.5 Å². The van der Waals surface area contributed by atoms with Gasteiger partial charge in [-0.15, -0.1) is 0 Å². The minimum Gasteiger partial charge on any atom is -0.481 e. The van der Waals surface area contributed by atoms with Gasteiger partial charge in [-0.1, -0.05) is 62.7 Å². The summed E-state index contributed by atoms with van der Waals surface area (Å²) in [4.78, 5) is 15.0. The van der Waals surface area contributed by atoms with E-state index >= 15 is 0 Å². The fourth-order valence-electron chi connectivity index (χ4n) is 6.39. The normalized spacial score (nSPS) is 19.7. The SMILES string of the molecule is CC1(C)CCCN(C(c2ccc(F)cc2)c2cccc(C3(C(=O)O)CCC3)c2-c2ccc(C(F)(F)F)cc2)C1. The number of carboxylic acids is 1. The van der Waals surface area contributed by atoms with Crippen LogP contribution < -0.4 is 0 Å². The first-order valence-electron chi connectivity index (χ1n) is 13.5. The first-order chi connectivity index (χ1) is 18.4. The third-order valence-corrected chi connectivity index (χ3v) is 8.51. The van der Waals surface area contributed by atoms with Crippen LogP contribution in [0.1, 0.15) is 74.2 Å². The molecule has 1 heterocycles. The number of nitrogens with zero attached hydrogens (tertiary/aromatic N) is 1. The van der Waals surface area contributed by atoms with Crippen LogP contribution in [0.2, 0.25) is 0 Å². The van der Waals surface area contributed by atoms with Gasteiger partial charge in [0.1, 0.15) is 5.82 Å². The summed E-state index contributed by atoms with van der Waals surface area (Å²) in [6.07, 6.45) is -0.737. The summed E-state index contributed by atoms with van der Waals surface area (Å²) in [6, 6.07) is 16.6. The first kappa shape index (κ1) is 27.4. The zero-order chi connectivity index (χ0) is 28.0. The number of aliphatic carboxylic acids is 1. The predicted octanol–water partition coefficient (Wildman–Crippen LogP) is 8.23. The molecule has 0 spiro atoms. The second-order valence-corrected chi connectivity index (χ2v) is 11.8. The van der Waals surface area contributed by atoms with E-state index in [2.05, 4.69) is 18.7 Å². The van der Waals surface area contributed by atoms with Crippen LogP contribution in [0.15, 0.2) is 66.7 Å². The van der Waals surface area contributed by atoms with Crippen LogP contribution in [-0.2, 0) is 16.4 Å². The van der Waals surface area contributed by atoms with Gasteiger partial charge in [0.15, 0.2) is 0 Å². The number of carbonyl (C=O) groups is 1. The van der Waals surface area contributed by atoms with Crippen LogP contribution in [0.5, 0.6) is 0 Å². The highest BCUT2D eigenvalue weighted by molar-refractivity contribution is 5.88. The van der Waals surface area contributed by atoms with Crippen molar-refractivity contribution in [3.05, 3.63) is 94.8 Å². The van der Waals surface area contributed by atoms with Gasteiger partial charge in [0.25, 0.3) is 0 Å². The van der Waals surface area contributed by atoms with Gasteiger partial charge < -0.3 is 5.11 Å². The molecule has 3 aromatic carbocycles. The third kappa shape index (κ3) is 5.21. The number of benzene rings is 3. The molecule has 39 heavy (non-hydrogen) atoms. The minimum absolute atomic E-state index is 0.0406. The third-order valence-electron chi connectivity index (χ3n) is 8.51.